The van der Waals surface area contributed by atoms with Crippen LogP contribution in [0.5, 0.6) is 17.2 Å². The van der Waals surface area contributed by atoms with E-state index in [9.17, 15) is 0 Å². The van der Waals surface area contributed by atoms with Gasteiger partial charge in [0.2, 0.25) is 4.77 Å². The molecule has 3 aromatic rings. The molecule has 1 N–H and O–H groups in total. The zero-order chi connectivity index (χ0) is 18.5. The van der Waals surface area contributed by atoms with Crippen LogP contribution in [0.25, 0.3) is 11.4 Å². The van der Waals surface area contributed by atoms with Crippen molar-refractivity contribution < 1.29 is 14.2 Å². The molecule has 0 aliphatic rings. The SMILES string of the molecule is COc1ccccc1-c1n[nH]c(=S)n1N=Cc1cccc(OC)c1OC. The number of ether oxygens (including phenoxy) is 3. The summed E-state index contributed by atoms with van der Waals surface area (Å²) in [6.45, 7) is 0. The standard InChI is InChI=1S/C18H18N4O3S/c1-23-14-9-5-4-8-13(14)17-20-21-18(26)22(17)19-11-12-7-6-10-15(24-2)16(12)25-3/h4-11H,1-3H3,(H,21,26). The highest BCUT2D eigenvalue weighted by Crippen LogP contribution is 2.30. The summed E-state index contributed by atoms with van der Waals surface area (Å²) in [5.74, 6) is 2.44. The van der Waals surface area contributed by atoms with Gasteiger partial charge < -0.3 is 14.2 Å². The third kappa shape index (κ3) is 3.31. The highest BCUT2D eigenvalue weighted by Gasteiger charge is 2.13. The smallest absolute Gasteiger partial charge is 0.216 e. The second kappa shape index (κ2) is 7.83. The summed E-state index contributed by atoms with van der Waals surface area (Å²) in [4.78, 5) is 0. The maximum Gasteiger partial charge on any atom is 0.216 e. The molecule has 1 heterocycles. The number of H-pyrrole nitrogens is 1. The van der Waals surface area contributed by atoms with Gasteiger partial charge in [0.05, 0.1) is 33.1 Å². The summed E-state index contributed by atoms with van der Waals surface area (Å²) >= 11 is 5.31. The highest BCUT2D eigenvalue weighted by molar-refractivity contribution is 7.71. The molecule has 134 valence electrons. The van der Waals surface area contributed by atoms with Crippen molar-refractivity contribution in [2.45, 2.75) is 0 Å². The van der Waals surface area contributed by atoms with Gasteiger partial charge in [0.1, 0.15) is 5.75 Å². The molecule has 0 radical (unpaired) electrons. The summed E-state index contributed by atoms with van der Waals surface area (Å²) in [5, 5.41) is 11.5. The van der Waals surface area contributed by atoms with E-state index in [4.69, 9.17) is 26.4 Å². The minimum Gasteiger partial charge on any atom is -0.496 e. The number of hydrogen-bond acceptors (Lipinski definition) is 6. The maximum absolute atomic E-state index is 5.42. The Morgan fingerprint density at radius 3 is 2.46 bits per heavy atom. The van der Waals surface area contributed by atoms with Crippen LogP contribution in [-0.2, 0) is 0 Å². The van der Waals surface area contributed by atoms with Gasteiger partial charge in [-0.15, -0.1) is 0 Å². The molecule has 0 amide bonds. The topological polar surface area (TPSA) is 73.7 Å². The molecular weight excluding hydrogens is 352 g/mol. The van der Waals surface area contributed by atoms with Crippen LogP contribution in [0.15, 0.2) is 47.6 Å². The van der Waals surface area contributed by atoms with Crippen LogP contribution in [0.1, 0.15) is 5.56 Å². The Bertz CT molecular complexity index is 994. The number of methoxy groups -OCH3 is 3. The van der Waals surface area contributed by atoms with Gasteiger partial charge in [0.25, 0.3) is 0 Å². The Hall–Kier alpha value is -3.13. The molecule has 0 aliphatic heterocycles. The Morgan fingerprint density at radius 1 is 1.00 bits per heavy atom. The zero-order valence-electron chi connectivity index (χ0n) is 14.6. The lowest BCUT2D eigenvalue weighted by molar-refractivity contribution is 0.354. The van der Waals surface area contributed by atoms with E-state index < -0.39 is 0 Å². The van der Waals surface area contributed by atoms with Crippen LogP contribution in [0.4, 0.5) is 0 Å². The number of hydrogen-bond donors (Lipinski definition) is 1. The van der Waals surface area contributed by atoms with Crippen LogP contribution in [-0.4, -0.2) is 42.4 Å². The fourth-order valence-electron chi connectivity index (χ4n) is 2.54. The van der Waals surface area contributed by atoms with Crippen molar-refractivity contribution in [1.29, 1.82) is 0 Å². The van der Waals surface area contributed by atoms with Crippen LogP contribution < -0.4 is 14.2 Å². The van der Waals surface area contributed by atoms with Crippen molar-refractivity contribution in [2.24, 2.45) is 5.10 Å². The van der Waals surface area contributed by atoms with Crippen molar-refractivity contribution in [3.05, 3.63) is 52.8 Å². The Morgan fingerprint density at radius 2 is 1.73 bits per heavy atom. The maximum atomic E-state index is 5.42. The number of aromatic amines is 1. The lowest BCUT2D eigenvalue weighted by atomic mass is 10.2. The third-order valence-electron chi connectivity index (χ3n) is 3.74. The zero-order valence-corrected chi connectivity index (χ0v) is 15.4. The Kier molecular flexibility index (Phi) is 5.33. The molecule has 7 nitrogen and oxygen atoms in total. The van der Waals surface area contributed by atoms with E-state index in [0.717, 1.165) is 11.1 Å². The van der Waals surface area contributed by atoms with Gasteiger partial charge in [-0.2, -0.15) is 14.9 Å². The van der Waals surface area contributed by atoms with Crippen molar-refractivity contribution in [3.63, 3.8) is 0 Å². The largest absolute Gasteiger partial charge is 0.496 e. The molecule has 8 heteroatoms. The molecule has 0 spiro atoms. The molecule has 1 aromatic heterocycles. The first-order valence-electron chi connectivity index (χ1n) is 7.75. The minimum absolute atomic E-state index is 0.365. The van der Waals surface area contributed by atoms with Crippen molar-refractivity contribution >= 4 is 18.4 Å². The Balaban J connectivity index is 2.06. The molecule has 0 aliphatic carbocycles. The quantitative estimate of drug-likeness (QED) is 0.531. The van der Waals surface area contributed by atoms with E-state index in [1.165, 1.54) is 4.68 Å². The molecule has 0 saturated carbocycles. The predicted octanol–water partition coefficient (Wildman–Crippen LogP) is 3.52. The summed E-state index contributed by atoms with van der Waals surface area (Å²) in [6, 6.07) is 13.1. The molecule has 26 heavy (non-hydrogen) atoms. The van der Waals surface area contributed by atoms with Crippen LogP contribution in [0.3, 0.4) is 0 Å². The van der Waals surface area contributed by atoms with Gasteiger partial charge >= 0.3 is 0 Å². The number of nitrogens with zero attached hydrogens (tertiary/aromatic N) is 3. The van der Waals surface area contributed by atoms with Crippen molar-refractivity contribution in [3.8, 4) is 28.6 Å². The average Bonchev–Trinajstić information content (AvgIpc) is 3.06. The lowest BCUT2D eigenvalue weighted by Crippen LogP contribution is -1.99. The molecule has 0 atom stereocenters. The molecule has 0 bridgehead atoms. The number of benzene rings is 2. The minimum atomic E-state index is 0.365. The average molecular weight is 370 g/mol. The number of para-hydroxylation sites is 2. The summed E-state index contributed by atoms with van der Waals surface area (Å²) < 4.78 is 18.0. The first-order chi connectivity index (χ1) is 12.7. The van der Waals surface area contributed by atoms with Crippen molar-refractivity contribution in [1.82, 2.24) is 14.9 Å². The number of rotatable bonds is 6. The van der Waals surface area contributed by atoms with Gasteiger partial charge in [-0.05, 0) is 36.5 Å². The summed E-state index contributed by atoms with van der Waals surface area (Å²) in [6.07, 6.45) is 1.64. The van der Waals surface area contributed by atoms with E-state index in [1.807, 2.05) is 42.5 Å². The van der Waals surface area contributed by atoms with Gasteiger partial charge in [-0.1, -0.05) is 18.2 Å². The molecule has 2 aromatic carbocycles. The van der Waals surface area contributed by atoms with Crippen LogP contribution in [0, 0.1) is 4.77 Å². The van der Waals surface area contributed by atoms with Gasteiger partial charge in [-0.25, -0.2) is 5.10 Å². The van der Waals surface area contributed by atoms with E-state index >= 15 is 0 Å². The van der Waals surface area contributed by atoms with E-state index in [-0.39, 0.29) is 0 Å². The predicted molar refractivity (Wildman–Crippen MR) is 102 cm³/mol. The molecular formula is C18H18N4O3S. The summed E-state index contributed by atoms with van der Waals surface area (Å²) in [7, 11) is 4.78. The van der Waals surface area contributed by atoms with Gasteiger partial charge in [-0.3, -0.25) is 0 Å². The van der Waals surface area contributed by atoms with Crippen molar-refractivity contribution in [2.75, 3.05) is 21.3 Å². The first-order valence-corrected chi connectivity index (χ1v) is 8.16. The molecule has 0 saturated heterocycles. The molecule has 0 unspecified atom stereocenters. The third-order valence-corrected chi connectivity index (χ3v) is 4.01. The number of aromatic nitrogens is 3. The Labute approximate surface area is 155 Å². The normalized spacial score (nSPS) is 10.9. The lowest BCUT2D eigenvalue weighted by Gasteiger charge is -2.10. The fourth-order valence-corrected chi connectivity index (χ4v) is 2.72. The molecule has 3 rings (SSSR count). The van der Waals surface area contributed by atoms with Gasteiger partial charge in [0, 0.05) is 5.56 Å². The van der Waals surface area contributed by atoms with E-state index in [1.54, 1.807) is 27.5 Å². The second-order valence-corrected chi connectivity index (χ2v) is 5.58. The fraction of sp³-hybridized carbons (Fsp3) is 0.167. The summed E-state index contributed by atoms with van der Waals surface area (Å²) in [5.41, 5.74) is 1.53. The van der Waals surface area contributed by atoms with Gasteiger partial charge in [0.15, 0.2) is 17.3 Å². The second-order valence-electron chi connectivity index (χ2n) is 5.19. The van der Waals surface area contributed by atoms with Crippen LogP contribution >= 0.6 is 12.2 Å². The molecule has 0 fully saturated rings. The first kappa shape index (κ1) is 17.7. The van der Waals surface area contributed by atoms with Crippen LogP contribution in [0.2, 0.25) is 0 Å². The number of nitrogens with one attached hydrogen (secondary N) is 1. The monoisotopic (exact) mass is 370 g/mol. The highest BCUT2D eigenvalue weighted by atomic mass is 32.1. The van der Waals surface area contributed by atoms with E-state index in [2.05, 4.69) is 15.3 Å². The van der Waals surface area contributed by atoms with E-state index in [0.29, 0.717) is 27.8 Å².